The van der Waals surface area contributed by atoms with Crippen molar-refractivity contribution in [3.8, 4) is 62.7 Å². The number of fused-ring (bicyclic) bond motifs is 10. The molecule has 0 saturated heterocycles. The number of hydrogen-bond donors (Lipinski definition) is 0. The topological polar surface area (TPSA) is 85.5 Å². The van der Waals surface area contributed by atoms with Crippen LogP contribution in [0, 0.1) is 11.3 Å². The molecular formula is C58H34N6O. The molecular weight excluding hydrogens is 797 g/mol. The van der Waals surface area contributed by atoms with Crippen LogP contribution in [0.25, 0.3) is 122 Å². The van der Waals surface area contributed by atoms with Gasteiger partial charge in [-0.15, -0.1) is 0 Å². The van der Waals surface area contributed by atoms with E-state index in [1.54, 1.807) is 0 Å². The molecule has 65 heavy (non-hydrogen) atoms. The Morgan fingerprint density at radius 3 is 1.69 bits per heavy atom. The van der Waals surface area contributed by atoms with Crippen molar-refractivity contribution >= 4 is 65.6 Å². The van der Waals surface area contributed by atoms with Crippen molar-refractivity contribution in [2.45, 2.75) is 0 Å². The van der Waals surface area contributed by atoms with E-state index in [0.29, 0.717) is 28.6 Å². The fourth-order valence-electron chi connectivity index (χ4n) is 9.66. The molecule has 0 aliphatic heterocycles. The Balaban J connectivity index is 0.999. The minimum atomic E-state index is 0.479. The zero-order chi connectivity index (χ0) is 43.0. The molecule has 302 valence electrons. The molecule has 13 rings (SSSR count). The maximum Gasteiger partial charge on any atom is 0.164 e. The van der Waals surface area contributed by atoms with Crippen LogP contribution < -0.4 is 0 Å². The van der Waals surface area contributed by atoms with Gasteiger partial charge in [0, 0.05) is 55.4 Å². The predicted octanol–water partition coefficient (Wildman–Crippen LogP) is 14.5. The van der Waals surface area contributed by atoms with Gasteiger partial charge in [0.2, 0.25) is 0 Å². The lowest BCUT2D eigenvalue weighted by molar-refractivity contribution is 0.669. The Morgan fingerprint density at radius 2 is 0.969 bits per heavy atom. The van der Waals surface area contributed by atoms with Crippen LogP contribution >= 0.6 is 0 Å². The molecule has 0 unspecified atom stereocenters. The lowest BCUT2D eigenvalue weighted by Crippen LogP contribution is -2.02. The third-order valence-electron chi connectivity index (χ3n) is 12.6. The minimum Gasteiger partial charge on any atom is -0.456 e. The van der Waals surface area contributed by atoms with Gasteiger partial charge in [0.05, 0.1) is 38.7 Å². The van der Waals surface area contributed by atoms with Crippen molar-refractivity contribution in [3.63, 3.8) is 0 Å². The molecule has 0 aliphatic carbocycles. The zero-order valence-corrected chi connectivity index (χ0v) is 34.7. The van der Waals surface area contributed by atoms with Crippen LogP contribution in [0.5, 0.6) is 0 Å². The fraction of sp³-hybridized carbons (Fsp3) is 0. The summed E-state index contributed by atoms with van der Waals surface area (Å²) in [6, 6.07) is 73.1. The second kappa shape index (κ2) is 14.5. The summed E-state index contributed by atoms with van der Waals surface area (Å²) in [5, 5.41) is 17.5. The van der Waals surface area contributed by atoms with Crippen molar-refractivity contribution in [1.29, 1.82) is 5.26 Å². The molecule has 7 nitrogen and oxygen atoms in total. The van der Waals surface area contributed by atoms with Crippen LogP contribution in [0.4, 0.5) is 0 Å². The lowest BCUT2D eigenvalue weighted by Gasteiger charge is -2.13. The zero-order valence-electron chi connectivity index (χ0n) is 34.7. The van der Waals surface area contributed by atoms with Crippen LogP contribution in [-0.4, -0.2) is 24.1 Å². The van der Waals surface area contributed by atoms with E-state index in [9.17, 15) is 5.26 Å². The molecule has 7 heteroatoms. The quantitative estimate of drug-likeness (QED) is 0.167. The van der Waals surface area contributed by atoms with Crippen molar-refractivity contribution in [2.75, 3.05) is 0 Å². The van der Waals surface area contributed by atoms with Crippen LogP contribution in [-0.2, 0) is 0 Å². The summed E-state index contributed by atoms with van der Waals surface area (Å²) >= 11 is 0. The van der Waals surface area contributed by atoms with E-state index in [0.717, 1.165) is 88.4 Å². The fourth-order valence-corrected chi connectivity index (χ4v) is 9.66. The lowest BCUT2D eigenvalue weighted by atomic mass is 10.0. The molecule has 0 spiro atoms. The Kier molecular flexibility index (Phi) is 8.14. The molecule has 0 saturated carbocycles. The SMILES string of the molecule is N#Cc1cc(-c2nc(-c3ccccc3)nc(-c3cccc(-c4ccccc4)c3)n2)ccc1-n1c2ccccc2c2cc3c(cc21)oc1ccc2c4ccccc4n(-c4ccccc4)c2c13. The molecule has 0 aliphatic rings. The highest BCUT2D eigenvalue weighted by atomic mass is 16.3. The number of furan rings is 1. The number of nitrogens with zero attached hydrogens (tertiary/aromatic N) is 6. The van der Waals surface area contributed by atoms with Crippen LogP contribution in [0.3, 0.4) is 0 Å². The second-order valence-corrected chi connectivity index (χ2v) is 16.3. The molecule has 13 aromatic rings. The number of para-hydroxylation sites is 3. The maximum atomic E-state index is 10.9. The average Bonchev–Trinajstić information content (AvgIpc) is 4.03. The first-order valence-electron chi connectivity index (χ1n) is 21.6. The van der Waals surface area contributed by atoms with Gasteiger partial charge >= 0.3 is 0 Å². The van der Waals surface area contributed by atoms with E-state index in [4.69, 9.17) is 19.4 Å². The molecule has 4 aromatic heterocycles. The van der Waals surface area contributed by atoms with Gasteiger partial charge in [0.25, 0.3) is 0 Å². The van der Waals surface area contributed by atoms with E-state index < -0.39 is 0 Å². The predicted molar refractivity (Wildman–Crippen MR) is 262 cm³/mol. The Morgan fingerprint density at radius 1 is 0.385 bits per heavy atom. The summed E-state index contributed by atoms with van der Waals surface area (Å²) in [7, 11) is 0. The second-order valence-electron chi connectivity index (χ2n) is 16.3. The molecule has 0 radical (unpaired) electrons. The van der Waals surface area contributed by atoms with Crippen molar-refractivity contribution in [3.05, 3.63) is 212 Å². The summed E-state index contributed by atoms with van der Waals surface area (Å²) in [6.45, 7) is 0. The third-order valence-corrected chi connectivity index (χ3v) is 12.6. The van der Waals surface area contributed by atoms with Gasteiger partial charge in [0.15, 0.2) is 17.5 Å². The van der Waals surface area contributed by atoms with E-state index in [1.165, 1.54) is 10.8 Å². The third kappa shape index (κ3) is 5.78. The summed E-state index contributed by atoms with van der Waals surface area (Å²) in [5.41, 5.74) is 12.7. The number of rotatable bonds is 6. The smallest absolute Gasteiger partial charge is 0.164 e. The Labute approximate surface area is 372 Å². The molecule has 0 fully saturated rings. The number of aromatic nitrogens is 5. The van der Waals surface area contributed by atoms with Gasteiger partial charge in [-0.2, -0.15) is 5.26 Å². The van der Waals surface area contributed by atoms with Gasteiger partial charge in [-0.3, -0.25) is 0 Å². The molecule has 0 amide bonds. The molecule has 0 bridgehead atoms. The number of hydrogen-bond acceptors (Lipinski definition) is 5. The van der Waals surface area contributed by atoms with E-state index in [1.807, 2.05) is 84.9 Å². The molecule has 0 N–H and O–H groups in total. The number of nitriles is 1. The van der Waals surface area contributed by atoms with Crippen molar-refractivity contribution in [1.82, 2.24) is 24.1 Å². The summed E-state index contributed by atoms with van der Waals surface area (Å²) in [5.74, 6) is 1.58. The van der Waals surface area contributed by atoms with Gasteiger partial charge in [0.1, 0.15) is 17.2 Å². The van der Waals surface area contributed by atoms with Gasteiger partial charge in [-0.1, -0.05) is 133 Å². The normalized spacial score (nSPS) is 11.7. The van der Waals surface area contributed by atoms with Gasteiger partial charge < -0.3 is 13.6 Å². The first-order chi connectivity index (χ1) is 32.2. The standard InChI is InChI=1S/C58H34N6O/c59-35-41-32-40(58-61-56(37-17-6-2-7-18-37)60-57(62-58)39-20-14-19-38(31-39)36-15-4-1-5-16-36)27-29-48(41)64-50-26-13-11-24-44(50)46-33-47-53(34-51(46)64)65-52-30-28-45-43-23-10-12-25-49(43)63(55(45)54(47)52)42-21-8-3-9-22-42/h1-34H. The van der Waals surface area contributed by atoms with Crippen molar-refractivity contribution in [2.24, 2.45) is 0 Å². The van der Waals surface area contributed by atoms with E-state index in [-0.39, 0.29) is 0 Å². The van der Waals surface area contributed by atoms with Gasteiger partial charge in [-0.25, -0.2) is 15.0 Å². The Hall–Kier alpha value is -9.12. The van der Waals surface area contributed by atoms with E-state index in [2.05, 4.69) is 137 Å². The largest absolute Gasteiger partial charge is 0.456 e. The van der Waals surface area contributed by atoms with Crippen LogP contribution in [0.15, 0.2) is 211 Å². The molecule has 4 heterocycles. The summed E-state index contributed by atoms with van der Waals surface area (Å²) < 4.78 is 11.3. The monoisotopic (exact) mass is 830 g/mol. The number of benzene rings is 9. The van der Waals surface area contributed by atoms with Crippen molar-refractivity contribution < 1.29 is 4.42 Å². The highest BCUT2D eigenvalue weighted by molar-refractivity contribution is 6.27. The molecule has 0 atom stereocenters. The maximum absolute atomic E-state index is 10.9. The summed E-state index contributed by atoms with van der Waals surface area (Å²) in [4.78, 5) is 15.1. The minimum absolute atomic E-state index is 0.479. The first-order valence-corrected chi connectivity index (χ1v) is 21.6. The van der Waals surface area contributed by atoms with E-state index >= 15 is 0 Å². The molecule has 9 aromatic carbocycles. The van der Waals surface area contributed by atoms with Gasteiger partial charge in [-0.05, 0) is 77.9 Å². The summed E-state index contributed by atoms with van der Waals surface area (Å²) in [6.07, 6.45) is 0. The van der Waals surface area contributed by atoms with Crippen LogP contribution in [0.2, 0.25) is 0 Å². The highest BCUT2D eigenvalue weighted by Crippen LogP contribution is 2.44. The van der Waals surface area contributed by atoms with Crippen LogP contribution in [0.1, 0.15) is 5.56 Å². The average molecular weight is 831 g/mol. The highest BCUT2D eigenvalue weighted by Gasteiger charge is 2.23. The Bertz CT molecular complexity index is 4070. The first kappa shape index (κ1) is 36.5.